The van der Waals surface area contributed by atoms with E-state index < -0.39 is 0 Å². The van der Waals surface area contributed by atoms with Crippen LogP contribution in [0.25, 0.3) is 16.6 Å². The number of aromatic nitrogens is 4. The van der Waals surface area contributed by atoms with Crippen molar-refractivity contribution in [1.29, 1.82) is 0 Å². The number of nitrogens with zero attached hydrogens (tertiary/aromatic N) is 6. The van der Waals surface area contributed by atoms with E-state index in [-0.39, 0.29) is 0 Å². The fraction of sp³-hybridized carbons (Fsp3) is 0.462. The maximum absolute atomic E-state index is 5.02. The van der Waals surface area contributed by atoms with Gasteiger partial charge in [0.05, 0.1) is 24.1 Å². The number of rotatable bonds is 5. The molecule has 5 heterocycles. The highest BCUT2D eigenvalue weighted by Crippen LogP contribution is 2.39. The summed E-state index contributed by atoms with van der Waals surface area (Å²) in [5, 5.41) is 7.85. The number of aryl methyl sites for hydroxylation is 1. The van der Waals surface area contributed by atoms with Crippen LogP contribution in [0.15, 0.2) is 35.6 Å². The minimum atomic E-state index is 0.479. The Balaban J connectivity index is 1.33. The molecule has 2 aliphatic heterocycles. The van der Waals surface area contributed by atoms with Crippen molar-refractivity contribution in [2.24, 2.45) is 4.99 Å². The molecule has 0 bridgehead atoms. The van der Waals surface area contributed by atoms with Crippen LogP contribution in [0, 0.1) is 6.92 Å². The van der Waals surface area contributed by atoms with Gasteiger partial charge < -0.3 is 20.1 Å². The summed E-state index contributed by atoms with van der Waals surface area (Å²) in [6, 6.07) is 4.62. The minimum Gasteiger partial charge on any atom is -0.368 e. The molecule has 34 heavy (non-hydrogen) atoms. The molecule has 3 aromatic rings. The predicted molar refractivity (Wildman–Crippen MR) is 138 cm³/mol. The van der Waals surface area contributed by atoms with Gasteiger partial charge in [0.2, 0.25) is 5.95 Å². The number of pyridine rings is 1. The Morgan fingerprint density at radius 2 is 1.85 bits per heavy atom. The van der Waals surface area contributed by atoms with Crippen LogP contribution in [0.5, 0.6) is 0 Å². The van der Waals surface area contributed by atoms with Crippen LogP contribution in [0.4, 0.5) is 17.5 Å². The van der Waals surface area contributed by atoms with Crippen molar-refractivity contribution in [3.8, 4) is 0 Å². The van der Waals surface area contributed by atoms with Crippen LogP contribution in [-0.2, 0) is 0 Å². The van der Waals surface area contributed by atoms with E-state index in [1.54, 1.807) is 0 Å². The van der Waals surface area contributed by atoms with Crippen LogP contribution in [0.1, 0.15) is 49.9 Å². The summed E-state index contributed by atoms with van der Waals surface area (Å²) >= 11 is 0. The number of anilines is 3. The average Bonchev–Trinajstić information content (AvgIpc) is 3.60. The minimum absolute atomic E-state index is 0.479. The molecular formula is C26H32N8. The molecule has 3 aromatic heterocycles. The van der Waals surface area contributed by atoms with Gasteiger partial charge in [0.1, 0.15) is 11.5 Å². The third-order valence-corrected chi connectivity index (χ3v) is 7.34. The third kappa shape index (κ3) is 3.86. The van der Waals surface area contributed by atoms with E-state index in [4.69, 9.17) is 4.98 Å². The molecule has 0 atom stereocenters. The van der Waals surface area contributed by atoms with E-state index in [2.05, 4.69) is 61.1 Å². The molecule has 0 unspecified atom stereocenters. The third-order valence-electron chi connectivity index (χ3n) is 7.34. The molecule has 1 saturated heterocycles. The van der Waals surface area contributed by atoms with Gasteiger partial charge in [0, 0.05) is 49.5 Å². The topological polar surface area (TPSA) is 83.3 Å². The van der Waals surface area contributed by atoms with Gasteiger partial charge in [-0.3, -0.25) is 4.99 Å². The second kappa shape index (κ2) is 8.83. The van der Waals surface area contributed by atoms with Gasteiger partial charge in [-0.15, -0.1) is 0 Å². The summed E-state index contributed by atoms with van der Waals surface area (Å²) in [6.07, 6.45) is 11.1. The van der Waals surface area contributed by atoms with E-state index in [0.717, 1.165) is 61.0 Å². The Morgan fingerprint density at radius 3 is 2.56 bits per heavy atom. The molecule has 6 rings (SSSR count). The molecular weight excluding hydrogens is 424 g/mol. The normalized spacial score (nSPS) is 19.1. The maximum Gasteiger partial charge on any atom is 0.230 e. The first kappa shape index (κ1) is 21.3. The first-order chi connectivity index (χ1) is 16.7. The Labute approximate surface area is 200 Å². The number of aliphatic imine (C=N–C) groups is 1. The molecule has 1 saturated carbocycles. The quantitative estimate of drug-likeness (QED) is 0.597. The SMILES string of the molecule is CC1=NCC(c2c(C)c3cnc(Nc4ccc(N5CCNCC5)cn4)nc3n2C2CCCC2)=C1. The second-order valence-electron chi connectivity index (χ2n) is 9.60. The highest BCUT2D eigenvalue weighted by Gasteiger charge is 2.27. The van der Waals surface area contributed by atoms with Gasteiger partial charge >= 0.3 is 0 Å². The average molecular weight is 457 g/mol. The van der Waals surface area contributed by atoms with E-state index in [9.17, 15) is 0 Å². The Bertz CT molecular complexity index is 1260. The van der Waals surface area contributed by atoms with Gasteiger partial charge in [-0.05, 0) is 56.0 Å². The first-order valence-electron chi connectivity index (χ1n) is 12.5. The van der Waals surface area contributed by atoms with Gasteiger partial charge in [-0.25, -0.2) is 9.97 Å². The summed E-state index contributed by atoms with van der Waals surface area (Å²) in [4.78, 5) is 21.3. The van der Waals surface area contributed by atoms with Crippen LogP contribution in [-0.4, -0.2) is 58.0 Å². The highest BCUT2D eigenvalue weighted by molar-refractivity contribution is 6.04. The zero-order valence-electron chi connectivity index (χ0n) is 20.0. The Morgan fingerprint density at radius 1 is 1.03 bits per heavy atom. The van der Waals surface area contributed by atoms with Gasteiger partial charge in [0.15, 0.2) is 0 Å². The van der Waals surface area contributed by atoms with E-state index in [1.165, 1.54) is 42.5 Å². The predicted octanol–water partition coefficient (Wildman–Crippen LogP) is 4.26. The van der Waals surface area contributed by atoms with Crippen molar-refractivity contribution in [1.82, 2.24) is 24.8 Å². The smallest absolute Gasteiger partial charge is 0.230 e. The summed E-state index contributed by atoms with van der Waals surface area (Å²) in [5.41, 5.74) is 7.09. The molecule has 0 spiro atoms. The van der Waals surface area contributed by atoms with E-state index in [1.807, 2.05) is 18.5 Å². The lowest BCUT2D eigenvalue weighted by atomic mass is 10.1. The molecule has 176 valence electrons. The molecule has 3 aliphatic rings. The number of hydrogen-bond donors (Lipinski definition) is 2. The number of piperazine rings is 1. The summed E-state index contributed by atoms with van der Waals surface area (Å²) in [7, 11) is 0. The van der Waals surface area contributed by atoms with Crippen molar-refractivity contribution in [3.63, 3.8) is 0 Å². The number of allylic oxidation sites excluding steroid dienone is 1. The lowest BCUT2D eigenvalue weighted by Gasteiger charge is -2.29. The molecule has 0 aromatic carbocycles. The lowest BCUT2D eigenvalue weighted by Crippen LogP contribution is -2.43. The molecule has 1 aliphatic carbocycles. The standard InChI is InChI=1S/C26H32N8/c1-17-13-19(14-28-17)24-18(2)22-16-30-26(32-25(22)34(24)20-5-3-4-6-20)31-23-8-7-21(15-29-23)33-11-9-27-10-12-33/h7-8,13,15-16,20,27H,3-6,9-12,14H2,1-2H3,(H,29,30,31,32). The van der Waals surface area contributed by atoms with Crippen molar-refractivity contribution in [2.45, 2.75) is 45.6 Å². The van der Waals surface area contributed by atoms with Crippen LogP contribution in [0.3, 0.4) is 0 Å². The summed E-state index contributed by atoms with van der Waals surface area (Å²) < 4.78 is 2.48. The fourth-order valence-electron chi connectivity index (χ4n) is 5.59. The summed E-state index contributed by atoms with van der Waals surface area (Å²) in [6.45, 7) is 9.07. The van der Waals surface area contributed by atoms with E-state index in [0.29, 0.717) is 12.0 Å². The number of hydrogen-bond acceptors (Lipinski definition) is 7. The van der Waals surface area contributed by atoms with Crippen molar-refractivity contribution in [3.05, 3.63) is 41.9 Å². The Kier molecular flexibility index (Phi) is 5.53. The van der Waals surface area contributed by atoms with Crippen LogP contribution < -0.4 is 15.5 Å². The fourth-order valence-corrected chi connectivity index (χ4v) is 5.59. The molecule has 8 nitrogen and oxygen atoms in total. The monoisotopic (exact) mass is 456 g/mol. The van der Waals surface area contributed by atoms with E-state index >= 15 is 0 Å². The zero-order valence-corrected chi connectivity index (χ0v) is 20.0. The maximum atomic E-state index is 5.02. The van der Waals surface area contributed by atoms with Crippen LogP contribution >= 0.6 is 0 Å². The highest BCUT2D eigenvalue weighted by atomic mass is 15.2. The molecule has 0 amide bonds. The number of nitrogens with one attached hydrogen (secondary N) is 2. The lowest BCUT2D eigenvalue weighted by molar-refractivity contribution is 0.527. The summed E-state index contributed by atoms with van der Waals surface area (Å²) in [5.74, 6) is 1.35. The molecule has 8 heteroatoms. The number of fused-ring (bicyclic) bond motifs is 1. The van der Waals surface area contributed by atoms with Crippen molar-refractivity contribution >= 4 is 39.8 Å². The Hall–Kier alpha value is -3.26. The molecule has 2 fully saturated rings. The second-order valence-corrected chi connectivity index (χ2v) is 9.60. The molecule has 2 N–H and O–H groups in total. The van der Waals surface area contributed by atoms with Crippen molar-refractivity contribution in [2.75, 3.05) is 42.9 Å². The zero-order chi connectivity index (χ0) is 23.1. The first-order valence-corrected chi connectivity index (χ1v) is 12.5. The van der Waals surface area contributed by atoms with Gasteiger partial charge in [-0.1, -0.05) is 12.8 Å². The van der Waals surface area contributed by atoms with Crippen LogP contribution in [0.2, 0.25) is 0 Å². The van der Waals surface area contributed by atoms with Crippen molar-refractivity contribution < 1.29 is 0 Å². The van der Waals surface area contributed by atoms with Gasteiger partial charge in [-0.2, -0.15) is 4.98 Å². The van der Waals surface area contributed by atoms with Gasteiger partial charge in [0.25, 0.3) is 0 Å². The molecule has 0 radical (unpaired) electrons. The largest absolute Gasteiger partial charge is 0.368 e.